The summed E-state index contributed by atoms with van der Waals surface area (Å²) in [5.74, 6) is 2.84. The molecule has 2 aliphatic rings. The van der Waals surface area contributed by atoms with Crippen LogP contribution in [-0.2, 0) is 6.42 Å². The van der Waals surface area contributed by atoms with Gasteiger partial charge < -0.3 is 0 Å². The standard InChI is InChI=1S/C31H44FN/c1-2-25-16-20-29(21-17-25)30-22-18-28(19-23-30)10-7-6-9-27-14-12-26(13-15-27)8-4-3-5-11-31(32)24-33/h3,5,11,16-17,20-21,26-28,30H,2,4,6-10,12-15,18-19,22-23H2,1H3/t26-,27-,28-,30-. The maximum atomic E-state index is 12.7. The van der Waals surface area contributed by atoms with Gasteiger partial charge >= 0.3 is 0 Å². The minimum Gasteiger partial charge on any atom is -0.195 e. The van der Waals surface area contributed by atoms with Crippen LogP contribution in [-0.4, -0.2) is 0 Å². The number of halogens is 1. The van der Waals surface area contributed by atoms with Crippen LogP contribution in [0.1, 0.15) is 114 Å². The lowest BCUT2D eigenvalue weighted by molar-refractivity contribution is 0.244. The van der Waals surface area contributed by atoms with Crippen molar-refractivity contribution in [2.75, 3.05) is 0 Å². The number of benzene rings is 1. The zero-order chi connectivity index (χ0) is 23.3. The number of rotatable bonds is 11. The largest absolute Gasteiger partial charge is 0.199 e. The highest BCUT2D eigenvalue weighted by molar-refractivity contribution is 5.25. The van der Waals surface area contributed by atoms with Crippen LogP contribution in [0.5, 0.6) is 0 Å². The lowest BCUT2D eigenvalue weighted by Gasteiger charge is -2.30. The van der Waals surface area contributed by atoms with Crippen molar-refractivity contribution in [3.05, 3.63) is 59.4 Å². The molecule has 2 fully saturated rings. The number of hydrogen-bond acceptors (Lipinski definition) is 1. The highest BCUT2D eigenvalue weighted by Gasteiger charge is 2.23. The van der Waals surface area contributed by atoms with Gasteiger partial charge in [-0.25, -0.2) is 0 Å². The highest BCUT2D eigenvalue weighted by atomic mass is 19.1. The lowest BCUT2D eigenvalue weighted by Crippen LogP contribution is -2.15. The Balaban J connectivity index is 1.21. The van der Waals surface area contributed by atoms with E-state index in [1.165, 1.54) is 101 Å². The molecule has 0 spiro atoms. The molecule has 0 heterocycles. The second kappa shape index (κ2) is 14.4. The molecule has 0 aromatic heterocycles. The van der Waals surface area contributed by atoms with Crippen LogP contribution in [0.2, 0.25) is 0 Å². The van der Waals surface area contributed by atoms with Crippen LogP contribution >= 0.6 is 0 Å². The first kappa shape index (κ1) is 25.7. The van der Waals surface area contributed by atoms with Gasteiger partial charge in [0.25, 0.3) is 0 Å². The Morgan fingerprint density at radius 2 is 1.42 bits per heavy atom. The molecule has 0 bridgehead atoms. The van der Waals surface area contributed by atoms with E-state index in [2.05, 4.69) is 31.2 Å². The number of allylic oxidation sites excluding steroid dienone is 4. The minimum absolute atomic E-state index is 0.711. The van der Waals surface area contributed by atoms with E-state index in [9.17, 15) is 4.39 Å². The molecule has 2 saturated carbocycles. The number of unbranched alkanes of at least 4 members (excludes halogenated alkanes) is 1. The second-order valence-corrected chi connectivity index (χ2v) is 10.6. The molecule has 0 unspecified atom stereocenters. The molecule has 180 valence electrons. The van der Waals surface area contributed by atoms with Crippen molar-refractivity contribution in [2.45, 2.75) is 109 Å². The molecule has 1 aromatic carbocycles. The van der Waals surface area contributed by atoms with Gasteiger partial charge in [0.05, 0.1) is 0 Å². The molecule has 0 N–H and O–H groups in total. The van der Waals surface area contributed by atoms with E-state index >= 15 is 0 Å². The van der Waals surface area contributed by atoms with Gasteiger partial charge in [0.15, 0.2) is 5.83 Å². The third-order valence-corrected chi connectivity index (χ3v) is 8.37. The summed E-state index contributed by atoms with van der Waals surface area (Å²) in [6.45, 7) is 2.23. The summed E-state index contributed by atoms with van der Waals surface area (Å²) in [6.07, 6.45) is 25.2. The molecule has 0 amide bonds. The summed E-state index contributed by atoms with van der Waals surface area (Å²) in [4.78, 5) is 0. The molecule has 0 saturated heterocycles. The van der Waals surface area contributed by atoms with Gasteiger partial charge in [0.2, 0.25) is 0 Å². The van der Waals surface area contributed by atoms with Crippen LogP contribution in [0.15, 0.2) is 48.3 Å². The summed E-state index contributed by atoms with van der Waals surface area (Å²) < 4.78 is 12.7. The van der Waals surface area contributed by atoms with Crippen molar-refractivity contribution in [3.8, 4) is 6.07 Å². The first-order chi connectivity index (χ1) is 16.2. The minimum atomic E-state index is -0.711. The Morgan fingerprint density at radius 3 is 1.97 bits per heavy atom. The number of aryl methyl sites for hydroxylation is 1. The SMILES string of the molecule is CCc1ccc([C@H]2CC[C@H](CCCC[C@H]3CC[C@H](CCC=CC=C(F)C#N)CC3)CC2)cc1. The van der Waals surface area contributed by atoms with E-state index in [-0.39, 0.29) is 0 Å². The summed E-state index contributed by atoms with van der Waals surface area (Å²) in [5.41, 5.74) is 3.03. The Bertz CT molecular complexity index is 768. The normalized spacial score (nSPS) is 26.4. The first-order valence-electron chi connectivity index (χ1n) is 13.7. The molecule has 2 aliphatic carbocycles. The second-order valence-electron chi connectivity index (χ2n) is 10.6. The van der Waals surface area contributed by atoms with E-state index in [1.54, 1.807) is 11.6 Å². The fraction of sp³-hybridized carbons (Fsp3) is 0.645. The zero-order valence-corrected chi connectivity index (χ0v) is 20.8. The third-order valence-electron chi connectivity index (χ3n) is 8.37. The molecule has 1 nitrogen and oxygen atoms in total. The summed E-state index contributed by atoms with van der Waals surface area (Å²) in [6, 6.07) is 10.9. The molecular weight excluding hydrogens is 405 g/mol. The number of hydrogen-bond donors (Lipinski definition) is 0. The Kier molecular flexibility index (Phi) is 11.2. The molecule has 2 heteroatoms. The average Bonchev–Trinajstić information content (AvgIpc) is 2.87. The summed E-state index contributed by atoms with van der Waals surface area (Å²) >= 11 is 0. The Hall–Kier alpha value is -1.88. The molecule has 0 aliphatic heterocycles. The van der Waals surface area contributed by atoms with Crippen LogP contribution in [0.25, 0.3) is 0 Å². The topological polar surface area (TPSA) is 23.8 Å². The van der Waals surface area contributed by atoms with E-state index in [0.717, 1.165) is 36.5 Å². The molecular formula is C31H44FN. The fourth-order valence-electron chi connectivity index (χ4n) is 6.10. The van der Waals surface area contributed by atoms with Gasteiger partial charge in [-0.15, -0.1) is 0 Å². The average molecular weight is 450 g/mol. The van der Waals surface area contributed by atoms with Gasteiger partial charge in [0.1, 0.15) is 6.07 Å². The number of nitrogens with zero attached hydrogens (tertiary/aromatic N) is 1. The molecule has 0 radical (unpaired) electrons. The van der Waals surface area contributed by atoms with E-state index < -0.39 is 5.83 Å². The fourth-order valence-corrected chi connectivity index (χ4v) is 6.10. The van der Waals surface area contributed by atoms with Gasteiger partial charge in [-0.05, 0) is 85.8 Å². The van der Waals surface area contributed by atoms with Gasteiger partial charge in [0, 0.05) is 0 Å². The quantitative estimate of drug-likeness (QED) is 0.187. The highest BCUT2D eigenvalue weighted by Crippen LogP contribution is 2.38. The maximum Gasteiger partial charge on any atom is 0.199 e. The maximum absolute atomic E-state index is 12.7. The predicted molar refractivity (Wildman–Crippen MR) is 138 cm³/mol. The van der Waals surface area contributed by atoms with Crippen LogP contribution < -0.4 is 0 Å². The van der Waals surface area contributed by atoms with Gasteiger partial charge in [-0.3, -0.25) is 0 Å². The van der Waals surface area contributed by atoms with Gasteiger partial charge in [-0.1, -0.05) is 94.7 Å². The molecule has 33 heavy (non-hydrogen) atoms. The monoisotopic (exact) mass is 449 g/mol. The summed E-state index contributed by atoms with van der Waals surface area (Å²) in [5, 5.41) is 8.40. The van der Waals surface area contributed by atoms with E-state index in [0.29, 0.717) is 0 Å². The van der Waals surface area contributed by atoms with E-state index in [4.69, 9.17) is 5.26 Å². The number of nitriles is 1. The lowest BCUT2D eigenvalue weighted by atomic mass is 9.76. The van der Waals surface area contributed by atoms with Crippen LogP contribution in [0.3, 0.4) is 0 Å². The van der Waals surface area contributed by atoms with Crippen molar-refractivity contribution in [1.82, 2.24) is 0 Å². The van der Waals surface area contributed by atoms with E-state index in [1.807, 2.05) is 6.08 Å². The Morgan fingerprint density at radius 1 is 0.879 bits per heavy atom. The van der Waals surface area contributed by atoms with Crippen molar-refractivity contribution in [1.29, 1.82) is 5.26 Å². The molecule has 1 aromatic rings. The molecule has 3 rings (SSSR count). The smallest absolute Gasteiger partial charge is 0.195 e. The van der Waals surface area contributed by atoms with Crippen molar-refractivity contribution >= 4 is 0 Å². The molecule has 0 atom stereocenters. The van der Waals surface area contributed by atoms with Gasteiger partial charge in [-0.2, -0.15) is 9.65 Å². The van der Waals surface area contributed by atoms with Crippen LogP contribution in [0, 0.1) is 29.1 Å². The third kappa shape index (κ3) is 9.11. The van der Waals surface area contributed by atoms with Crippen molar-refractivity contribution in [2.24, 2.45) is 17.8 Å². The summed E-state index contributed by atoms with van der Waals surface area (Å²) in [7, 11) is 0. The zero-order valence-electron chi connectivity index (χ0n) is 20.8. The Labute approximate surface area is 202 Å². The first-order valence-corrected chi connectivity index (χ1v) is 13.7. The predicted octanol–water partition coefficient (Wildman–Crippen LogP) is 9.60. The van der Waals surface area contributed by atoms with Crippen molar-refractivity contribution in [3.63, 3.8) is 0 Å². The van der Waals surface area contributed by atoms with Crippen LogP contribution in [0.4, 0.5) is 4.39 Å². The van der Waals surface area contributed by atoms with Crippen molar-refractivity contribution < 1.29 is 4.39 Å².